The van der Waals surface area contributed by atoms with Crippen LogP contribution in [0.5, 0.6) is 0 Å². The van der Waals surface area contributed by atoms with E-state index < -0.39 is 12.1 Å². The van der Waals surface area contributed by atoms with Crippen molar-refractivity contribution < 1.29 is 4.39 Å². The maximum Gasteiger partial charge on any atom is 0.278 e. The smallest absolute Gasteiger partial charge is 0.278 e. The Balaban J connectivity index is 1.62. The van der Waals surface area contributed by atoms with Crippen molar-refractivity contribution in [2.75, 3.05) is 18.5 Å². The first-order valence-electron chi connectivity index (χ1n) is 11.9. The Hall–Kier alpha value is -3.59. The summed E-state index contributed by atoms with van der Waals surface area (Å²) in [5.41, 5.74) is 4.35. The van der Waals surface area contributed by atoms with Gasteiger partial charge in [-0.3, -0.25) is 14.2 Å². The Morgan fingerprint density at radius 1 is 1.17 bits per heavy atom. The van der Waals surface area contributed by atoms with E-state index in [0.29, 0.717) is 28.4 Å². The van der Waals surface area contributed by atoms with Crippen molar-refractivity contribution in [3.05, 3.63) is 69.9 Å². The normalized spacial score (nSPS) is 13.9. The maximum absolute atomic E-state index is 13.7. The van der Waals surface area contributed by atoms with Crippen molar-refractivity contribution in [3.8, 4) is 5.69 Å². The predicted molar refractivity (Wildman–Crippen MR) is 135 cm³/mol. The third kappa shape index (κ3) is 4.20. The molecule has 0 fully saturated rings. The first kappa shape index (κ1) is 23.2. The standard InChI is InChI=1S/C26H30FN7O/c1-16(2)33-24(35)21-14-30-25(31-19-6-5-17-7-9-28-13-18(17)11-19)32-23(21)34(33)20-8-10-29-22(12-20)26(3,4)15-27/h5-6,8,10-12,14,16,28H,7,9,13,15H2,1-4H3,(H,30,31,32). The van der Waals surface area contributed by atoms with Gasteiger partial charge in [-0.1, -0.05) is 19.9 Å². The molecule has 0 spiro atoms. The van der Waals surface area contributed by atoms with Gasteiger partial charge >= 0.3 is 0 Å². The van der Waals surface area contributed by atoms with E-state index in [4.69, 9.17) is 4.98 Å². The molecule has 0 radical (unpaired) electrons. The second kappa shape index (κ2) is 8.88. The number of pyridine rings is 1. The summed E-state index contributed by atoms with van der Waals surface area (Å²) in [6.07, 6.45) is 4.22. The van der Waals surface area contributed by atoms with Crippen LogP contribution in [0.1, 0.15) is 50.6 Å². The number of anilines is 2. The largest absolute Gasteiger partial charge is 0.324 e. The fourth-order valence-electron chi connectivity index (χ4n) is 4.45. The molecule has 4 heterocycles. The minimum Gasteiger partial charge on any atom is -0.324 e. The molecule has 1 aliphatic heterocycles. The van der Waals surface area contributed by atoms with Gasteiger partial charge in [0.25, 0.3) is 5.56 Å². The zero-order chi connectivity index (χ0) is 24.7. The SMILES string of the molecule is CC(C)n1c(=O)c2cnc(Nc3ccc4c(c3)CNCC4)nc2n1-c1ccnc(C(C)(C)CF)c1. The summed E-state index contributed by atoms with van der Waals surface area (Å²) in [6.45, 7) is 8.78. The van der Waals surface area contributed by atoms with Crippen molar-refractivity contribution in [2.45, 2.75) is 52.1 Å². The number of halogens is 1. The zero-order valence-corrected chi connectivity index (χ0v) is 20.5. The minimum atomic E-state index is -0.745. The van der Waals surface area contributed by atoms with Crippen molar-refractivity contribution in [2.24, 2.45) is 0 Å². The van der Waals surface area contributed by atoms with Crippen molar-refractivity contribution in [1.82, 2.24) is 29.6 Å². The second-order valence-electron chi connectivity index (χ2n) is 9.94. The number of rotatable bonds is 6. The topological polar surface area (TPSA) is 89.7 Å². The first-order valence-corrected chi connectivity index (χ1v) is 11.9. The van der Waals surface area contributed by atoms with Gasteiger partial charge in [0.2, 0.25) is 5.95 Å². The van der Waals surface area contributed by atoms with E-state index in [-0.39, 0.29) is 11.6 Å². The lowest BCUT2D eigenvalue weighted by Gasteiger charge is -2.21. The molecule has 0 aliphatic carbocycles. The number of fused-ring (bicyclic) bond motifs is 2. The van der Waals surface area contributed by atoms with E-state index >= 15 is 0 Å². The van der Waals surface area contributed by atoms with Crippen LogP contribution in [0.3, 0.4) is 0 Å². The van der Waals surface area contributed by atoms with Gasteiger partial charge < -0.3 is 10.6 Å². The molecule has 182 valence electrons. The van der Waals surface area contributed by atoms with Crippen LogP contribution < -0.4 is 16.2 Å². The summed E-state index contributed by atoms with van der Waals surface area (Å²) in [7, 11) is 0. The molecule has 0 unspecified atom stereocenters. The zero-order valence-electron chi connectivity index (χ0n) is 20.5. The minimum absolute atomic E-state index is 0.132. The average molecular weight is 476 g/mol. The predicted octanol–water partition coefficient (Wildman–Crippen LogP) is 4.19. The molecule has 2 N–H and O–H groups in total. The van der Waals surface area contributed by atoms with Gasteiger partial charge in [0.1, 0.15) is 12.1 Å². The Morgan fingerprint density at radius 2 is 2.00 bits per heavy atom. The molecule has 8 nitrogen and oxygen atoms in total. The average Bonchev–Trinajstić information content (AvgIpc) is 3.16. The fraction of sp³-hybridized carbons (Fsp3) is 0.385. The first-order chi connectivity index (χ1) is 16.8. The lowest BCUT2D eigenvalue weighted by molar-refractivity contribution is 0.344. The van der Waals surface area contributed by atoms with Crippen molar-refractivity contribution >= 4 is 22.7 Å². The van der Waals surface area contributed by atoms with Crippen LogP contribution in [0.2, 0.25) is 0 Å². The van der Waals surface area contributed by atoms with E-state index in [1.165, 1.54) is 11.1 Å². The highest BCUT2D eigenvalue weighted by Gasteiger charge is 2.25. The molecule has 5 rings (SSSR count). The van der Waals surface area contributed by atoms with Gasteiger partial charge in [-0.15, -0.1) is 0 Å². The van der Waals surface area contributed by atoms with Crippen LogP contribution in [-0.4, -0.2) is 37.5 Å². The number of alkyl halides is 1. The Kier molecular flexibility index (Phi) is 5.88. The summed E-state index contributed by atoms with van der Waals surface area (Å²) in [5.74, 6) is 0.397. The van der Waals surface area contributed by atoms with Crippen LogP contribution >= 0.6 is 0 Å². The highest BCUT2D eigenvalue weighted by atomic mass is 19.1. The van der Waals surface area contributed by atoms with Gasteiger partial charge in [0.15, 0.2) is 5.65 Å². The van der Waals surface area contributed by atoms with E-state index in [1.807, 2.05) is 26.0 Å². The Bertz CT molecular complexity index is 1450. The molecule has 0 amide bonds. The van der Waals surface area contributed by atoms with Crippen LogP contribution in [0.15, 0.2) is 47.5 Å². The summed E-state index contributed by atoms with van der Waals surface area (Å²) in [6, 6.07) is 9.76. The molecule has 0 saturated carbocycles. The van der Waals surface area contributed by atoms with Crippen molar-refractivity contribution in [3.63, 3.8) is 0 Å². The van der Waals surface area contributed by atoms with Crippen LogP contribution in [0.4, 0.5) is 16.0 Å². The fourth-order valence-corrected chi connectivity index (χ4v) is 4.45. The number of hydrogen-bond acceptors (Lipinski definition) is 6. The molecule has 0 saturated heterocycles. The molecule has 0 atom stereocenters. The highest BCUT2D eigenvalue weighted by molar-refractivity contribution is 5.77. The summed E-state index contributed by atoms with van der Waals surface area (Å²) < 4.78 is 17.1. The number of benzene rings is 1. The Morgan fingerprint density at radius 3 is 2.77 bits per heavy atom. The van der Waals surface area contributed by atoms with Gasteiger partial charge in [-0.2, -0.15) is 4.98 Å². The Labute approximate surface area is 203 Å². The lowest BCUT2D eigenvalue weighted by Crippen LogP contribution is -2.25. The molecule has 9 heteroatoms. The quantitative estimate of drug-likeness (QED) is 0.435. The monoisotopic (exact) mass is 475 g/mol. The van der Waals surface area contributed by atoms with Gasteiger partial charge in [-0.25, -0.2) is 14.3 Å². The third-order valence-corrected chi connectivity index (χ3v) is 6.48. The lowest BCUT2D eigenvalue weighted by atomic mass is 9.90. The van der Waals surface area contributed by atoms with Gasteiger partial charge in [0, 0.05) is 36.1 Å². The molecule has 3 aromatic heterocycles. The van der Waals surface area contributed by atoms with E-state index in [1.54, 1.807) is 41.7 Å². The summed E-state index contributed by atoms with van der Waals surface area (Å²) in [4.78, 5) is 26.8. The summed E-state index contributed by atoms with van der Waals surface area (Å²) in [5, 5.41) is 7.10. The van der Waals surface area contributed by atoms with Crippen LogP contribution in [0.25, 0.3) is 16.7 Å². The molecule has 35 heavy (non-hydrogen) atoms. The summed E-state index contributed by atoms with van der Waals surface area (Å²) >= 11 is 0. The van der Waals surface area contributed by atoms with Gasteiger partial charge in [0.05, 0.1) is 11.4 Å². The highest BCUT2D eigenvalue weighted by Crippen LogP contribution is 2.26. The number of nitrogens with one attached hydrogen (secondary N) is 2. The molecule has 0 bridgehead atoms. The van der Waals surface area contributed by atoms with Gasteiger partial charge in [-0.05, 0) is 62.2 Å². The molecule has 4 aromatic rings. The second-order valence-corrected chi connectivity index (χ2v) is 9.94. The molecular weight excluding hydrogens is 445 g/mol. The molecule has 1 aromatic carbocycles. The van der Waals surface area contributed by atoms with E-state index in [2.05, 4.69) is 32.7 Å². The number of nitrogens with zero attached hydrogens (tertiary/aromatic N) is 5. The molecule has 1 aliphatic rings. The third-order valence-electron chi connectivity index (χ3n) is 6.48. The van der Waals surface area contributed by atoms with E-state index in [9.17, 15) is 9.18 Å². The number of aromatic nitrogens is 5. The molecular formula is C26H30FN7O. The number of hydrogen-bond donors (Lipinski definition) is 2. The van der Waals surface area contributed by atoms with Crippen LogP contribution in [0, 0.1) is 0 Å². The maximum atomic E-state index is 13.7. The van der Waals surface area contributed by atoms with Crippen LogP contribution in [-0.2, 0) is 18.4 Å². The van der Waals surface area contributed by atoms with Crippen molar-refractivity contribution in [1.29, 1.82) is 0 Å². The van der Waals surface area contributed by atoms with E-state index in [0.717, 1.165) is 25.2 Å².